The van der Waals surface area contributed by atoms with Gasteiger partial charge in [0.25, 0.3) is 0 Å². The van der Waals surface area contributed by atoms with Crippen molar-refractivity contribution in [2.45, 2.75) is 57.7 Å². The minimum absolute atomic E-state index is 0.378. The molecule has 2 N–H and O–H groups in total. The molecule has 4 rings (SSSR count). The molecular weight excluding hydrogens is 435 g/mol. The molecule has 1 aromatic heterocycles. The van der Waals surface area contributed by atoms with E-state index in [1.54, 1.807) is 0 Å². The second-order valence-corrected chi connectivity index (χ2v) is 8.94. The molecule has 1 heterocycles. The van der Waals surface area contributed by atoms with Gasteiger partial charge in [-0.1, -0.05) is 30.9 Å². The number of hydrogen-bond acceptors (Lipinski definition) is 2. The SMILES string of the molecule is Cc1ccc2c(c1)c1cc(I)ccc1n2CC(O)CNC1CCCCC1. The number of nitrogens with one attached hydrogen (secondary N) is 1. The lowest BCUT2D eigenvalue weighted by molar-refractivity contribution is 0.147. The van der Waals surface area contributed by atoms with Crippen molar-refractivity contribution in [3.63, 3.8) is 0 Å². The van der Waals surface area contributed by atoms with Crippen molar-refractivity contribution in [1.82, 2.24) is 9.88 Å². The quantitative estimate of drug-likeness (QED) is 0.525. The smallest absolute Gasteiger partial charge is 0.0843 e. The zero-order valence-corrected chi connectivity index (χ0v) is 17.5. The Labute approximate surface area is 168 Å². The van der Waals surface area contributed by atoms with E-state index in [9.17, 15) is 5.11 Å². The van der Waals surface area contributed by atoms with Gasteiger partial charge in [0.15, 0.2) is 0 Å². The molecule has 138 valence electrons. The molecule has 0 amide bonds. The van der Waals surface area contributed by atoms with Crippen molar-refractivity contribution in [1.29, 1.82) is 0 Å². The Morgan fingerprint density at radius 3 is 2.54 bits per heavy atom. The predicted molar refractivity (Wildman–Crippen MR) is 118 cm³/mol. The Morgan fingerprint density at radius 1 is 1.08 bits per heavy atom. The summed E-state index contributed by atoms with van der Waals surface area (Å²) in [5, 5.41) is 16.8. The lowest BCUT2D eigenvalue weighted by Gasteiger charge is -2.24. The second kappa shape index (κ2) is 7.87. The lowest BCUT2D eigenvalue weighted by atomic mass is 9.95. The van der Waals surface area contributed by atoms with Gasteiger partial charge in [0.05, 0.1) is 12.6 Å². The van der Waals surface area contributed by atoms with Crippen molar-refractivity contribution >= 4 is 44.4 Å². The number of aliphatic hydroxyl groups is 1. The van der Waals surface area contributed by atoms with Gasteiger partial charge in [0.1, 0.15) is 0 Å². The third-order valence-electron chi connectivity index (χ3n) is 5.62. The van der Waals surface area contributed by atoms with E-state index in [-0.39, 0.29) is 6.10 Å². The first-order chi connectivity index (χ1) is 12.6. The lowest BCUT2D eigenvalue weighted by Crippen LogP contribution is -2.38. The molecule has 3 nitrogen and oxygen atoms in total. The Morgan fingerprint density at radius 2 is 1.77 bits per heavy atom. The fourth-order valence-electron chi connectivity index (χ4n) is 4.27. The summed E-state index contributed by atoms with van der Waals surface area (Å²) in [6.45, 7) is 3.44. The number of aliphatic hydroxyl groups excluding tert-OH is 1. The fraction of sp³-hybridized carbons (Fsp3) is 0.455. The highest BCUT2D eigenvalue weighted by atomic mass is 127. The van der Waals surface area contributed by atoms with Crippen LogP contribution in [-0.4, -0.2) is 28.4 Å². The zero-order chi connectivity index (χ0) is 18.1. The van der Waals surface area contributed by atoms with Gasteiger partial charge in [-0.2, -0.15) is 0 Å². The molecule has 0 aliphatic heterocycles. The van der Waals surface area contributed by atoms with Crippen molar-refractivity contribution in [2.75, 3.05) is 6.54 Å². The molecule has 2 aromatic carbocycles. The largest absolute Gasteiger partial charge is 0.390 e. The molecule has 1 saturated carbocycles. The number of hydrogen-bond donors (Lipinski definition) is 2. The average Bonchev–Trinajstić information content (AvgIpc) is 2.93. The van der Waals surface area contributed by atoms with E-state index in [4.69, 9.17) is 0 Å². The molecule has 1 aliphatic rings. The number of aromatic nitrogens is 1. The maximum absolute atomic E-state index is 10.7. The van der Waals surface area contributed by atoms with Crippen LogP contribution in [0.2, 0.25) is 0 Å². The first-order valence-corrected chi connectivity index (χ1v) is 10.8. The molecule has 0 spiro atoms. The Balaban J connectivity index is 1.60. The van der Waals surface area contributed by atoms with E-state index in [0.717, 1.165) is 0 Å². The number of benzene rings is 2. The summed E-state index contributed by atoms with van der Waals surface area (Å²) in [5.41, 5.74) is 3.70. The second-order valence-electron chi connectivity index (χ2n) is 7.69. The van der Waals surface area contributed by atoms with Crippen LogP contribution in [0.15, 0.2) is 36.4 Å². The third-order valence-corrected chi connectivity index (χ3v) is 6.29. The maximum Gasteiger partial charge on any atom is 0.0843 e. The number of rotatable bonds is 5. The number of aryl methyl sites for hydroxylation is 1. The van der Waals surface area contributed by atoms with E-state index in [0.29, 0.717) is 19.1 Å². The summed E-state index contributed by atoms with van der Waals surface area (Å²) in [6, 6.07) is 13.8. The molecule has 3 aromatic rings. The van der Waals surface area contributed by atoms with Gasteiger partial charge in [0.2, 0.25) is 0 Å². The first kappa shape index (κ1) is 18.3. The van der Waals surface area contributed by atoms with Gasteiger partial charge in [-0.25, -0.2) is 0 Å². The van der Waals surface area contributed by atoms with E-state index < -0.39 is 0 Å². The maximum atomic E-state index is 10.7. The van der Waals surface area contributed by atoms with Crippen LogP contribution in [0.3, 0.4) is 0 Å². The van der Waals surface area contributed by atoms with Crippen LogP contribution < -0.4 is 5.32 Å². The van der Waals surface area contributed by atoms with Gasteiger partial charge in [-0.15, -0.1) is 0 Å². The molecule has 0 bridgehead atoms. The summed E-state index contributed by atoms with van der Waals surface area (Å²) in [7, 11) is 0. The molecule has 1 fully saturated rings. The highest BCUT2D eigenvalue weighted by Crippen LogP contribution is 2.31. The molecule has 0 saturated heterocycles. The van der Waals surface area contributed by atoms with Gasteiger partial charge in [-0.05, 0) is 72.7 Å². The van der Waals surface area contributed by atoms with Crippen molar-refractivity contribution in [3.05, 3.63) is 45.5 Å². The summed E-state index contributed by atoms with van der Waals surface area (Å²) in [4.78, 5) is 0. The molecule has 1 unspecified atom stereocenters. The van der Waals surface area contributed by atoms with Gasteiger partial charge < -0.3 is 15.0 Å². The van der Waals surface area contributed by atoms with E-state index >= 15 is 0 Å². The van der Waals surface area contributed by atoms with Crippen LogP contribution in [0.1, 0.15) is 37.7 Å². The molecule has 1 aliphatic carbocycles. The molecular formula is C22H27IN2O. The normalized spacial score (nSPS) is 17.2. The minimum atomic E-state index is -0.378. The third kappa shape index (κ3) is 3.78. The molecule has 0 radical (unpaired) electrons. The standard InChI is InChI=1S/C22H27IN2O/c1-15-7-9-21-19(11-15)20-12-16(23)8-10-22(20)25(21)14-18(26)13-24-17-5-3-2-4-6-17/h7-12,17-18,24,26H,2-6,13-14H2,1H3. The van der Waals surface area contributed by atoms with E-state index in [1.807, 2.05) is 0 Å². The van der Waals surface area contributed by atoms with Gasteiger partial charge in [0, 0.05) is 38.0 Å². The highest BCUT2D eigenvalue weighted by Gasteiger charge is 2.17. The number of halogens is 1. The van der Waals surface area contributed by atoms with Crippen LogP contribution >= 0.6 is 22.6 Å². The van der Waals surface area contributed by atoms with Gasteiger partial charge in [-0.3, -0.25) is 0 Å². The topological polar surface area (TPSA) is 37.2 Å². The summed E-state index contributed by atoms with van der Waals surface area (Å²) < 4.78 is 3.53. The summed E-state index contributed by atoms with van der Waals surface area (Å²) >= 11 is 2.37. The highest BCUT2D eigenvalue weighted by molar-refractivity contribution is 14.1. The van der Waals surface area contributed by atoms with Crippen LogP contribution in [0.25, 0.3) is 21.8 Å². The van der Waals surface area contributed by atoms with E-state index in [2.05, 4.69) is 75.8 Å². The number of nitrogens with zero attached hydrogens (tertiary/aromatic N) is 1. The number of fused-ring (bicyclic) bond motifs is 3. The molecule has 26 heavy (non-hydrogen) atoms. The van der Waals surface area contributed by atoms with Crippen LogP contribution in [0.4, 0.5) is 0 Å². The average molecular weight is 462 g/mol. The Hall–Kier alpha value is -1.11. The Bertz CT molecular complexity index is 852. The van der Waals surface area contributed by atoms with Crippen molar-refractivity contribution in [2.24, 2.45) is 0 Å². The zero-order valence-electron chi connectivity index (χ0n) is 15.3. The van der Waals surface area contributed by atoms with Crippen LogP contribution in [0.5, 0.6) is 0 Å². The molecule has 1 atom stereocenters. The van der Waals surface area contributed by atoms with Gasteiger partial charge >= 0.3 is 0 Å². The minimum Gasteiger partial charge on any atom is -0.390 e. The summed E-state index contributed by atoms with van der Waals surface area (Å²) in [6.07, 6.45) is 6.12. The monoisotopic (exact) mass is 462 g/mol. The predicted octanol–water partition coefficient (Wildman–Crippen LogP) is 4.99. The van der Waals surface area contributed by atoms with Crippen molar-refractivity contribution in [3.8, 4) is 0 Å². The fourth-order valence-corrected chi connectivity index (χ4v) is 4.76. The van der Waals surface area contributed by atoms with Crippen molar-refractivity contribution < 1.29 is 5.11 Å². The van der Waals surface area contributed by atoms with Crippen LogP contribution in [-0.2, 0) is 6.54 Å². The summed E-state index contributed by atoms with van der Waals surface area (Å²) in [5.74, 6) is 0. The molecule has 4 heteroatoms. The Kier molecular flexibility index (Phi) is 5.53. The first-order valence-electron chi connectivity index (χ1n) is 9.71. The van der Waals surface area contributed by atoms with E-state index in [1.165, 1.54) is 63.0 Å². The van der Waals surface area contributed by atoms with Crippen LogP contribution in [0, 0.1) is 10.5 Å².